The Hall–Kier alpha value is -4.18. The molecule has 2 heterocycles. The number of carbonyl (C=O) groups excluding carboxylic acids is 1. The van der Waals surface area contributed by atoms with E-state index in [2.05, 4.69) is 20.1 Å². The second-order valence-corrected chi connectivity index (χ2v) is 9.48. The Kier molecular flexibility index (Phi) is 6.79. The molecule has 2 aromatic heterocycles. The number of fused-ring (bicyclic) bond motifs is 1. The highest BCUT2D eigenvalue weighted by atomic mass is 32.2. The number of hydrogen-bond acceptors (Lipinski definition) is 6. The molecule has 9 nitrogen and oxygen atoms in total. The summed E-state index contributed by atoms with van der Waals surface area (Å²) in [7, 11) is -2.64. The summed E-state index contributed by atoms with van der Waals surface area (Å²) >= 11 is 0. The highest BCUT2D eigenvalue weighted by Gasteiger charge is 2.36. The van der Waals surface area contributed by atoms with E-state index in [1.54, 1.807) is 0 Å². The van der Waals surface area contributed by atoms with Crippen molar-refractivity contribution in [2.45, 2.75) is 17.2 Å². The maximum atomic E-state index is 13.7. The fourth-order valence-corrected chi connectivity index (χ4v) is 4.07. The second kappa shape index (κ2) is 9.60. The molecule has 200 valence electrons. The van der Waals surface area contributed by atoms with Gasteiger partial charge in [-0.25, -0.2) is 27.4 Å². The number of amides is 1. The third-order valence-electron chi connectivity index (χ3n) is 5.10. The maximum absolute atomic E-state index is 13.7. The first-order valence-corrected chi connectivity index (χ1v) is 11.8. The van der Waals surface area contributed by atoms with Crippen LogP contribution < -0.4 is 14.8 Å². The van der Waals surface area contributed by atoms with Crippen LogP contribution in [0.4, 0.5) is 36.8 Å². The molecule has 0 saturated heterocycles. The van der Waals surface area contributed by atoms with E-state index in [-0.39, 0.29) is 21.8 Å². The maximum Gasteiger partial charge on any atom is 0.433 e. The van der Waals surface area contributed by atoms with Gasteiger partial charge in [0.25, 0.3) is 0 Å². The van der Waals surface area contributed by atoms with Gasteiger partial charge in [-0.15, -0.1) is 0 Å². The number of sulfonamides is 1. The van der Waals surface area contributed by atoms with Crippen molar-refractivity contribution in [1.29, 1.82) is 0 Å². The van der Waals surface area contributed by atoms with Crippen LogP contribution in [0.5, 0.6) is 5.75 Å². The van der Waals surface area contributed by atoms with Crippen molar-refractivity contribution in [3.63, 3.8) is 0 Å². The smallest absolute Gasteiger partial charge is 0.404 e. The summed E-state index contributed by atoms with van der Waals surface area (Å²) in [6.07, 6.45) is -10.00. The van der Waals surface area contributed by atoms with Gasteiger partial charge in [-0.2, -0.15) is 31.4 Å². The fraction of sp³-hybridized carbons (Fsp3) is 0.136. The van der Waals surface area contributed by atoms with Gasteiger partial charge in [0.1, 0.15) is 0 Å². The van der Waals surface area contributed by atoms with Crippen molar-refractivity contribution >= 4 is 27.5 Å². The highest BCUT2D eigenvalue weighted by Crippen LogP contribution is 2.35. The Labute approximate surface area is 210 Å². The zero-order chi connectivity index (χ0) is 27.9. The van der Waals surface area contributed by atoms with Crippen molar-refractivity contribution in [2.24, 2.45) is 0 Å². The second-order valence-electron chi connectivity index (χ2n) is 7.59. The summed E-state index contributed by atoms with van der Waals surface area (Å²) in [6, 6.07) is 8.95. The molecule has 0 fully saturated rings. The average Bonchev–Trinajstić information content (AvgIpc) is 3.24. The quantitative estimate of drug-likeness (QED) is 0.335. The minimum absolute atomic E-state index is 0.00261. The van der Waals surface area contributed by atoms with Gasteiger partial charge in [-0.05, 0) is 43.4 Å². The van der Waals surface area contributed by atoms with Crippen molar-refractivity contribution in [1.82, 2.24) is 19.3 Å². The zero-order valence-corrected chi connectivity index (χ0v) is 19.7. The lowest BCUT2D eigenvalue weighted by Crippen LogP contribution is -2.20. The lowest BCUT2D eigenvalue weighted by Gasteiger charge is -2.12. The molecule has 2 aromatic carbocycles. The van der Waals surface area contributed by atoms with Crippen LogP contribution in [-0.4, -0.2) is 36.2 Å². The Balaban J connectivity index is 1.69. The number of rotatable bonds is 5. The van der Waals surface area contributed by atoms with E-state index in [0.717, 1.165) is 24.4 Å². The number of nitrogens with zero attached hydrogens (tertiary/aromatic N) is 3. The third-order valence-corrected chi connectivity index (χ3v) is 6.51. The van der Waals surface area contributed by atoms with Gasteiger partial charge < -0.3 is 4.74 Å². The fourth-order valence-electron chi connectivity index (χ4n) is 3.30. The van der Waals surface area contributed by atoms with E-state index < -0.39 is 51.1 Å². The molecule has 2 N–H and O–H groups in total. The molecular weight excluding hydrogens is 544 g/mol. The number of carbonyl (C=O) groups is 1. The highest BCUT2D eigenvalue weighted by molar-refractivity contribution is 7.89. The largest absolute Gasteiger partial charge is 0.433 e. The molecule has 0 aliphatic heterocycles. The molecule has 0 spiro atoms. The molecule has 1 amide bonds. The number of anilines is 1. The van der Waals surface area contributed by atoms with Crippen molar-refractivity contribution < 1.29 is 44.3 Å². The predicted molar refractivity (Wildman–Crippen MR) is 121 cm³/mol. The van der Waals surface area contributed by atoms with Gasteiger partial charge in [0.2, 0.25) is 10.0 Å². The third kappa shape index (κ3) is 5.55. The standard InChI is InChI=1S/C22H15F6N5O4S/c1-29-38(35,36)15-4-2-3-14(9-15)31-20(34)37-17-11-30-33-18(22(26,27)28)10-16(32-19(17)33)12-5-7-13(8-6-12)21(23,24)25/h2-11,29H,1H3,(H,31,34). The van der Waals surface area contributed by atoms with Gasteiger partial charge in [-0.1, -0.05) is 18.2 Å². The number of hydrogen-bond donors (Lipinski definition) is 2. The summed E-state index contributed by atoms with van der Waals surface area (Å²) in [5, 5.41) is 5.82. The van der Waals surface area contributed by atoms with E-state index in [1.165, 1.54) is 25.2 Å². The summed E-state index contributed by atoms with van der Waals surface area (Å²) < 4.78 is 111. The first-order chi connectivity index (χ1) is 17.7. The minimum Gasteiger partial charge on any atom is -0.404 e. The van der Waals surface area contributed by atoms with Gasteiger partial charge in [0.05, 0.1) is 22.3 Å². The van der Waals surface area contributed by atoms with Crippen molar-refractivity contribution in [3.05, 3.63) is 72.1 Å². The van der Waals surface area contributed by atoms with E-state index in [9.17, 15) is 39.6 Å². The summed E-state index contributed by atoms with van der Waals surface area (Å²) in [6.45, 7) is 0. The molecule has 4 aromatic rings. The van der Waals surface area contributed by atoms with Crippen LogP contribution in [0.2, 0.25) is 0 Å². The van der Waals surface area contributed by atoms with E-state index >= 15 is 0 Å². The van der Waals surface area contributed by atoms with Crippen LogP contribution in [0.25, 0.3) is 16.9 Å². The first-order valence-electron chi connectivity index (χ1n) is 10.3. The summed E-state index contributed by atoms with van der Waals surface area (Å²) in [5.41, 5.74) is -3.29. The van der Waals surface area contributed by atoms with Crippen LogP contribution in [0.1, 0.15) is 11.3 Å². The Bertz CT molecular complexity index is 1620. The number of benzene rings is 2. The number of halogens is 6. The number of aromatic nitrogens is 3. The van der Waals surface area contributed by atoms with Gasteiger partial charge in [-0.3, -0.25) is 5.32 Å². The lowest BCUT2D eigenvalue weighted by molar-refractivity contribution is -0.142. The predicted octanol–water partition coefficient (Wildman–Crippen LogP) is 4.95. The van der Waals surface area contributed by atoms with Gasteiger partial charge in [0.15, 0.2) is 17.1 Å². The molecule has 4 rings (SSSR count). The molecule has 0 atom stereocenters. The Morgan fingerprint density at radius 3 is 2.26 bits per heavy atom. The average molecular weight is 559 g/mol. The molecule has 16 heteroatoms. The zero-order valence-electron chi connectivity index (χ0n) is 18.9. The van der Waals surface area contributed by atoms with Crippen molar-refractivity contribution in [2.75, 3.05) is 12.4 Å². The molecule has 0 aliphatic rings. The molecule has 0 radical (unpaired) electrons. The molecule has 0 bridgehead atoms. The molecule has 0 saturated carbocycles. The van der Waals surface area contributed by atoms with Crippen LogP contribution in [0, 0.1) is 0 Å². The minimum atomic E-state index is -4.95. The SMILES string of the molecule is CNS(=O)(=O)c1cccc(NC(=O)Oc2cnn3c(C(F)(F)F)cc(-c4ccc(C(F)(F)F)cc4)nc23)c1. The molecule has 0 unspecified atom stereocenters. The number of ether oxygens (including phenoxy) is 1. The summed E-state index contributed by atoms with van der Waals surface area (Å²) in [4.78, 5) is 16.3. The van der Waals surface area contributed by atoms with E-state index in [4.69, 9.17) is 4.74 Å². The molecule has 0 aliphatic carbocycles. The van der Waals surface area contributed by atoms with Gasteiger partial charge in [0, 0.05) is 11.3 Å². The lowest BCUT2D eigenvalue weighted by atomic mass is 10.1. The monoisotopic (exact) mass is 559 g/mol. The first kappa shape index (κ1) is 26.9. The van der Waals surface area contributed by atoms with Crippen LogP contribution in [0.3, 0.4) is 0 Å². The summed E-state index contributed by atoms with van der Waals surface area (Å²) in [5.74, 6) is -0.499. The normalized spacial score (nSPS) is 12.5. The molecule has 38 heavy (non-hydrogen) atoms. The number of nitrogens with one attached hydrogen (secondary N) is 2. The number of alkyl halides is 6. The van der Waals surface area contributed by atoms with Crippen LogP contribution in [-0.2, 0) is 22.4 Å². The molecular formula is C22H15F6N5O4S. The Morgan fingerprint density at radius 2 is 1.66 bits per heavy atom. The van der Waals surface area contributed by atoms with E-state index in [0.29, 0.717) is 22.7 Å². The van der Waals surface area contributed by atoms with Crippen LogP contribution >= 0.6 is 0 Å². The van der Waals surface area contributed by atoms with E-state index in [1.807, 2.05) is 0 Å². The van der Waals surface area contributed by atoms with Crippen molar-refractivity contribution in [3.8, 4) is 17.0 Å². The van der Waals surface area contributed by atoms with Crippen LogP contribution in [0.15, 0.2) is 65.7 Å². The van der Waals surface area contributed by atoms with Gasteiger partial charge >= 0.3 is 18.4 Å². The Morgan fingerprint density at radius 1 is 0.974 bits per heavy atom. The topological polar surface area (TPSA) is 115 Å².